The molecule has 7 nitrogen and oxygen atoms in total. The van der Waals surface area contributed by atoms with Gasteiger partial charge in [-0.1, -0.05) is 18.2 Å². The zero-order valence-corrected chi connectivity index (χ0v) is 14.5. The Kier molecular flexibility index (Phi) is 6.17. The molecule has 0 amide bonds. The van der Waals surface area contributed by atoms with Crippen molar-refractivity contribution in [2.24, 2.45) is 4.99 Å². The molecule has 26 heavy (non-hydrogen) atoms. The number of nitrogens with zero attached hydrogens (tertiary/aromatic N) is 4. The lowest BCUT2D eigenvalue weighted by Crippen LogP contribution is -2.55. The van der Waals surface area contributed by atoms with Crippen molar-refractivity contribution in [1.82, 2.24) is 15.1 Å². The Morgan fingerprint density at radius 2 is 2.00 bits per heavy atom. The predicted octanol–water partition coefficient (Wildman–Crippen LogP) is 1.43. The Morgan fingerprint density at radius 3 is 2.65 bits per heavy atom. The number of hydrogen-bond acceptors (Lipinski definition) is 7. The zero-order chi connectivity index (χ0) is 18.4. The molecular formula is C18H23FN6O. The Bertz CT molecular complexity index is 693. The van der Waals surface area contributed by atoms with Crippen molar-refractivity contribution in [3.8, 4) is 6.19 Å². The van der Waals surface area contributed by atoms with Crippen LogP contribution in [0.1, 0.15) is 12.8 Å². The van der Waals surface area contributed by atoms with Crippen LogP contribution < -0.4 is 10.6 Å². The van der Waals surface area contributed by atoms with Gasteiger partial charge in [0.2, 0.25) is 5.96 Å². The molecule has 138 valence electrons. The summed E-state index contributed by atoms with van der Waals surface area (Å²) in [5.74, 6) is -0.196. The lowest BCUT2D eigenvalue weighted by Gasteiger charge is -2.37. The van der Waals surface area contributed by atoms with E-state index in [2.05, 4.69) is 20.5 Å². The average Bonchev–Trinajstić information content (AvgIpc) is 2.67. The average molecular weight is 358 g/mol. The number of guanidine groups is 1. The molecule has 0 radical (unpaired) electrons. The molecule has 2 heterocycles. The van der Waals surface area contributed by atoms with E-state index in [0.29, 0.717) is 6.54 Å². The van der Waals surface area contributed by atoms with Gasteiger partial charge in [-0.2, -0.15) is 5.26 Å². The van der Waals surface area contributed by atoms with Gasteiger partial charge in [0.15, 0.2) is 18.2 Å². The summed E-state index contributed by atoms with van der Waals surface area (Å²) in [6.07, 6.45) is 3.98. The molecule has 1 atom stereocenters. The zero-order valence-electron chi connectivity index (χ0n) is 14.5. The minimum absolute atomic E-state index is 0.0982. The van der Waals surface area contributed by atoms with Gasteiger partial charge in [-0.15, -0.1) is 0 Å². The lowest BCUT2D eigenvalue weighted by molar-refractivity contribution is 0.146. The van der Waals surface area contributed by atoms with Gasteiger partial charge in [-0.3, -0.25) is 5.32 Å². The largest absolute Gasteiger partial charge is 0.395 e. The summed E-state index contributed by atoms with van der Waals surface area (Å²) in [6.45, 7) is 2.48. The quantitative estimate of drug-likeness (QED) is 0.691. The summed E-state index contributed by atoms with van der Waals surface area (Å²) in [5, 5.41) is 24.9. The fourth-order valence-electron chi connectivity index (χ4n) is 3.19. The first-order chi connectivity index (χ1) is 12.7. The van der Waals surface area contributed by atoms with Crippen LogP contribution >= 0.6 is 0 Å². The number of halogens is 1. The number of aliphatic hydroxyl groups excluding tert-OH is 1. The summed E-state index contributed by atoms with van der Waals surface area (Å²) in [6, 6.07) is 9.44. The standard InChI is InChI=1S/C18H23FN6O/c19-16-12-21-18(23-14-4-2-1-3-5-14)25(13-20)17(16)22-15-6-8-24(9-7-15)10-11-26/h1-5,12,15,17,22,26H,6-11H2,(H,21,23). The van der Waals surface area contributed by atoms with Gasteiger partial charge in [0, 0.05) is 18.3 Å². The van der Waals surface area contributed by atoms with E-state index in [1.165, 1.54) is 4.90 Å². The number of hydrogen-bond donors (Lipinski definition) is 3. The summed E-state index contributed by atoms with van der Waals surface area (Å²) in [5.41, 5.74) is 0.776. The Labute approximate surface area is 152 Å². The molecule has 0 aliphatic carbocycles. The van der Waals surface area contributed by atoms with Gasteiger partial charge in [0.1, 0.15) is 0 Å². The van der Waals surface area contributed by atoms with Crippen LogP contribution in [0.15, 0.2) is 47.4 Å². The second-order valence-electron chi connectivity index (χ2n) is 6.34. The van der Waals surface area contributed by atoms with Gasteiger partial charge in [0.05, 0.1) is 12.8 Å². The third-order valence-corrected chi connectivity index (χ3v) is 4.59. The van der Waals surface area contributed by atoms with Crippen LogP contribution in [-0.2, 0) is 0 Å². The van der Waals surface area contributed by atoms with Crippen LogP contribution in [0.3, 0.4) is 0 Å². The molecule has 3 N–H and O–H groups in total. The molecule has 0 spiro atoms. The summed E-state index contributed by atoms with van der Waals surface area (Å²) in [7, 11) is 0. The fraction of sp³-hybridized carbons (Fsp3) is 0.444. The normalized spacial score (nSPS) is 21.7. The van der Waals surface area contributed by atoms with Gasteiger partial charge in [-0.25, -0.2) is 14.3 Å². The van der Waals surface area contributed by atoms with Crippen molar-refractivity contribution in [3.05, 3.63) is 42.4 Å². The molecule has 1 aromatic rings. The van der Waals surface area contributed by atoms with Crippen LogP contribution in [0, 0.1) is 11.5 Å². The highest BCUT2D eigenvalue weighted by molar-refractivity contribution is 5.95. The molecule has 1 saturated heterocycles. The molecule has 2 aliphatic heterocycles. The number of aliphatic imine (C=N–C) groups is 1. The molecule has 1 fully saturated rings. The van der Waals surface area contributed by atoms with E-state index in [4.69, 9.17) is 5.11 Å². The topological polar surface area (TPSA) is 86.9 Å². The second-order valence-corrected chi connectivity index (χ2v) is 6.34. The van der Waals surface area contributed by atoms with Crippen molar-refractivity contribution < 1.29 is 9.50 Å². The number of piperidine rings is 1. The number of likely N-dealkylation sites (tertiary alicyclic amines) is 1. The van der Waals surface area contributed by atoms with Crippen LogP contribution in [0.2, 0.25) is 0 Å². The minimum Gasteiger partial charge on any atom is -0.395 e. The molecule has 0 bridgehead atoms. The van der Waals surface area contributed by atoms with E-state index in [1.54, 1.807) is 0 Å². The van der Waals surface area contributed by atoms with Crippen LogP contribution in [0.4, 0.5) is 10.1 Å². The van der Waals surface area contributed by atoms with Gasteiger partial charge < -0.3 is 15.3 Å². The van der Waals surface area contributed by atoms with Crippen molar-refractivity contribution in [3.63, 3.8) is 0 Å². The van der Waals surface area contributed by atoms with Crippen LogP contribution in [0.5, 0.6) is 0 Å². The highest BCUT2D eigenvalue weighted by Gasteiger charge is 2.32. The SMILES string of the molecule is N#CN1C(Nc2ccccc2)=NC=C(F)C1NC1CCN(CCO)CC1. The number of rotatable bonds is 5. The Balaban J connectivity index is 1.65. The van der Waals surface area contributed by atoms with E-state index >= 15 is 0 Å². The molecular weight excluding hydrogens is 335 g/mol. The maximum absolute atomic E-state index is 14.4. The molecule has 0 saturated carbocycles. The summed E-state index contributed by atoms with van der Waals surface area (Å²) < 4.78 is 14.4. The van der Waals surface area contributed by atoms with E-state index in [-0.39, 0.29) is 18.6 Å². The van der Waals surface area contributed by atoms with E-state index in [0.717, 1.165) is 37.8 Å². The maximum atomic E-state index is 14.4. The minimum atomic E-state index is -0.863. The third kappa shape index (κ3) is 4.38. The number of nitriles is 1. The van der Waals surface area contributed by atoms with Gasteiger partial charge in [0.25, 0.3) is 0 Å². The van der Waals surface area contributed by atoms with E-state index in [9.17, 15) is 9.65 Å². The first-order valence-electron chi connectivity index (χ1n) is 8.75. The summed E-state index contributed by atoms with van der Waals surface area (Å²) >= 11 is 0. The number of para-hydroxylation sites is 1. The molecule has 0 aromatic heterocycles. The molecule has 2 aliphatic rings. The number of anilines is 1. The number of nitrogens with one attached hydrogen (secondary N) is 2. The summed E-state index contributed by atoms with van der Waals surface area (Å²) in [4.78, 5) is 7.44. The second kappa shape index (κ2) is 8.76. The van der Waals surface area contributed by atoms with Crippen LogP contribution in [-0.4, -0.2) is 59.3 Å². The first kappa shape index (κ1) is 18.3. The van der Waals surface area contributed by atoms with E-state index in [1.807, 2.05) is 36.5 Å². The first-order valence-corrected chi connectivity index (χ1v) is 8.75. The van der Waals surface area contributed by atoms with Gasteiger partial charge in [-0.05, 0) is 38.1 Å². The molecule has 1 aromatic carbocycles. The highest BCUT2D eigenvalue weighted by atomic mass is 19.1. The predicted molar refractivity (Wildman–Crippen MR) is 97.6 cm³/mol. The van der Waals surface area contributed by atoms with E-state index < -0.39 is 12.0 Å². The molecule has 8 heteroatoms. The fourth-order valence-corrected chi connectivity index (χ4v) is 3.19. The Morgan fingerprint density at radius 1 is 1.27 bits per heavy atom. The Hall–Kier alpha value is -2.47. The monoisotopic (exact) mass is 358 g/mol. The number of benzene rings is 1. The number of aliphatic hydroxyl groups is 1. The maximum Gasteiger partial charge on any atom is 0.218 e. The highest BCUT2D eigenvalue weighted by Crippen LogP contribution is 2.20. The third-order valence-electron chi connectivity index (χ3n) is 4.59. The lowest BCUT2D eigenvalue weighted by atomic mass is 10.0. The number of β-amino-alcohol motifs (C(OH)–C–C–N with tert-alkyl or cyclic N) is 1. The van der Waals surface area contributed by atoms with Crippen molar-refractivity contribution >= 4 is 11.6 Å². The van der Waals surface area contributed by atoms with Crippen LogP contribution in [0.25, 0.3) is 0 Å². The molecule has 3 rings (SSSR count). The molecule has 1 unspecified atom stereocenters. The van der Waals surface area contributed by atoms with Gasteiger partial charge >= 0.3 is 0 Å². The van der Waals surface area contributed by atoms with Crippen molar-refractivity contribution in [2.75, 3.05) is 31.6 Å². The van der Waals surface area contributed by atoms with Crippen molar-refractivity contribution in [2.45, 2.75) is 25.0 Å². The smallest absolute Gasteiger partial charge is 0.218 e. The van der Waals surface area contributed by atoms with Crippen molar-refractivity contribution in [1.29, 1.82) is 5.26 Å².